The van der Waals surface area contributed by atoms with Gasteiger partial charge in [-0.05, 0) is 30.7 Å². The zero-order valence-corrected chi connectivity index (χ0v) is 14.5. The number of aromatic carboxylic acids is 1. The second-order valence-corrected chi connectivity index (χ2v) is 6.83. The first kappa shape index (κ1) is 18.5. The van der Waals surface area contributed by atoms with Crippen LogP contribution in [0.1, 0.15) is 44.2 Å². The van der Waals surface area contributed by atoms with Gasteiger partial charge in [-0.3, -0.25) is 9.59 Å². The largest absolute Gasteiger partial charge is 0.475 e. The van der Waals surface area contributed by atoms with Crippen LogP contribution in [0.4, 0.5) is 5.69 Å². The molecule has 0 saturated carbocycles. The van der Waals surface area contributed by atoms with Gasteiger partial charge in [0.15, 0.2) is 0 Å². The maximum atomic E-state index is 12.0. The van der Waals surface area contributed by atoms with E-state index in [4.69, 9.17) is 9.52 Å². The van der Waals surface area contributed by atoms with E-state index in [1.54, 1.807) is 18.2 Å². The Morgan fingerprint density at radius 2 is 1.88 bits per heavy atom. The minimum absolute atomic E-state index is 0.0486. The molecule has 0 radical (unpaired) electrons. The summed E-state index contributed by atoms with van der Waals surface area (Å²) in [6.45, 7) is 5.93. The zero-order valence-electron chi connectivity index (χ0n) is 14.5. The molecule has 0 aliphatic heterocycles. The molecule has 0 saturated heterocycles. The predicted octanol–water partition coefficient (Wildman–Crippen LogP) is 3.01. The number of carboxylic acids is 1. The topological polar surface area (TPSA) is 109 Å². The number of carboxylic acid groups (broad SMARTS) is 1. The van der Waals surface area contributed by atoms with E-state index in [1.807, 2.05) is 20.8 Å². The third-order valence-electron chi connectivity index (χ3n) is 3.56. The Hall–Kier alpha value is -2.83. The quantitative estimate of drug-likeness (QED) is 0.697. The van der Waals surface area contributed by atoms with Crippen LogP contribution in [0.5, 0.6) is 0 Å². The highest BCUT2D eigenvalue weighted by molar-refractivity contribution is 5.96. The molecule has 0 fully saturated rings. The van der Waals surface area contributed by atoms with Crippen molar-refractivity contribution < 1.29 is 23.9 Å². The molecule has 7 nitrogen and oxygen atoms in total. The Labute approximate surface area is 145 Å². The van der Waals surface area contributed by atoms with Crippen molar-refractivity contribution in [2.75, 3.05) is 11.9 Å². The lowest BCUT2D eigenvalue weighted by Crippen LogP contribution is -2.35. The number of benzene rings is 1. The maximum Gasteiger partial charge on any atom is 0.371 e. The number of nitrogens with one attached hydrogen (secondary N) is 2. The summed E-state index contributed by atoms with van der Waals surface area (Å²) in [5.74, 6) is -1.51. The highest BCUT2D eigenvalue weighted by Crippen LogP contribution is 2.23. The van der Waals surface area contributed by atoms with Gasteiger partial charge in [-0.1, -0.05) is 20.8 Å². The second-order valence-electron chi connectivity index (χ2n) is 6.83. The fourth-order valence-corrected chi connectivity index (χ4v) is 2.17. The average molecular weight is 346 g/mol. The van der Waals surface area contributed by atoms with Gasteiger partial charge in [0.05, 0.1) is 0 Å². The van der Waals surface area contributed by atoms with E-state index >= 15 is 0 Å². The van der Waals surface area contributed by atoms with Crippen LogP contribution in [-0.4, -0.2) is 29.4 Å². The van der Waals surface area contributed by atoms with Crippen LogP contribution in [0, 0.1) is 5.41 Å². The first-order valence-corrected chi connectivity index (χ1v) is 8.02. The fraction of sp³-hybridized carbons (Fsp3) is 0.389. The number of fused-ring (bicyclic) bond motifs is 1. The number of carbonyl (C=O) groups excluding carboxylic acids is 2. The number of rotatable bonds is 6. The molecule has 0 bridgehead atoms. The van der Waals surface area contributed by atoms with Gasteiger partial charge in [0, 0.05) is 29.5 Å². The van der Waals surface area contributed by atoms with Crippen molar-refractivity contribution in [2.24, 2.45) is 5.41 Å². The van der Waals surface area contributed by atoms with Crippen molar-refractivity contribution >= 4 is 34.4 Å². The molecule has 134 valence electrons. The normalized spacial score (nSPS) is 11.3. The van der Waals surface area contributed by atoms with Crippen LogP contribution in [0.15, 0.2) is 28.7 Å². The summed E-state index contributed by atoms with van der Waals surface area (Å²) in [4.78, 5) is 34.6. The Bertz CT molecular complexity index is 801. The van der Waals surface area contributed by atoms with Crippen LogP contribution in [-0.2, 0) is 9.59 Å². The molecule has 0 aliphatic carbocycles. The van der Waals surface area contributed by atoms with Gasteiger partial charge in [0.1, 0.15) is 5.58 Å². The smallest absolute Gasteiger partial charge is 0.371 e. The number of carbonyl (C=O) groups is 3. The number of anilines is 1. The van der Waals surface area contributed by atoms with Crippen LogP contribution in [0.25, 0.3) is 11.0 Å². The molecular formula is C18H22N2O5. The summed E-state index contributed by atoms with van der Waals surface area (Å²) in [6.07, 6.45) is 0.805. The molecule has 2 amide bonds. The van der Waals surface area contributed by atoms with Gasteiger partial charge < -0.3 is 20.2 Å². The molecule has 1 aromatic heterocycles. The third-order valence-corrected chi connectivity index (χ3v) is 3.56. The molecular weight excluding hydrogens is 324 g/mol. The maximum absolute atomic E-state index is 12.0. The van der Waals surface area contributed by atoms with Crippen LogP contribution in [0.3, 0.4) is 0 Å². The number of hydrogen-bond donors (Lipinski definition) is 3. The van der Waals surface area contributed by atoms with E-state index in [0.717, 1.165) is 0 Å². The molecule has 1 heterocycles. The van der Waals surface area contributed by atoms with Crippen molar-refractivity contribution in [3.8, 4) is 0 Å². The molecule has 3 N–H and O–H groups in total. The van der Waals surface area contributed by atoms with Gasteiger partial charge in [-0.15, -0.1) is 0 Å². The summed E-state index contributed by atoms with van der Waals surface area (Å²) in [5.41, 5.74) is 0.561. The van der Waals surface area contributed by atoms with Gasteiger partial charge in [-0.2, -0.15) is 0 Å². The number of hydrogen-bond acceptors (Lipinski definition) is 4. The van der Waals surface area contributed by atoms with Crippen molar-refractivity contribution in [3.63, 3.8) is 0 Å². The highest BCUT2D eigenvalue weighted by Gasteiger charge is 2.20. The van der Waals surface area contributed by atoms with E-state index in [0.29, 0.717) is 29.6 Å². The first-order valence-electron chi connectivity index (χ1n) is 8.02. The van der Waals surface area contributed by atoms with Crippen LogP contribution >= 0.6 is 0 Å². The number of amides is 2. The summed E-state index contributed by atoms with van der Waals surface area (Å²) >= 11 is 0. The summed E-state index contributed by atoms with van der Waals surface area (Å²) in [7, 11) is 0. The number of furan rings is 1. The molecule has 0 unspecified atom stereocenters. The standard InChI is InChI=1S/C18H22N2O5/c1-18(2,3)17(24)19-8-4-5-15(21)20-12-6-7-13-11(9-12)10-14(25-13)16(22)23/h6-7,9-10H,4-5,8H2,1-3H3,(H,19,24)(H,20,21)(H,22,23). The molecule has 2 aromatic rings. The minimum Gasteiger partial charge on any atom is -0.475 e. The van der Waals surface area contributed by atoms with E-state index in [2.05, 4.69) is 10.6 Å². The molecule has 2 rings (SSSR count). The van der Waals surface area contributed by atoms with E-state index in [-0.39, 0.29) is 24.0 Å². The second kappa shape index (κ2) is 7.38. The lowest BCUT2D eigenvalue weighted by Gasteiger charge is -2.17. The van der Waals surface area contributed by atoms with Crippen LogP contribution in [0.2, 0.25) is 0 Å². The molecule has 0 aliphatic rings. The van der Waals surface area contributed by atoms with Gasteiger partial charge in [-0.25, -0.2) is 4.79 Å². The zero-order chi connectivity index (χ0) is 18.6. The Kier molecular flexibility index (Phi) is 5.46. The van der Waals surface area contributed by atoms with Gasteiger partial charge >= 0.3 is 5.97 Å². The minimum atomic E-state index is -1.14. The first-order chi connectivity index (χ1) is 11.7. The van der Waals surface area contributed by atoms with Crippen molar-refractivity contribution in [2.45, 2.75) is 33.6 Å². The van der Waals surface area contributed by atoms with E-state index in [1.165, 1.54) is 6.07 Å². The fourth-order valence-electron chi connectivity index (χ4n) is 2.17. The average Bonchev–Trinajstić information content (AvgIpc) is 2.94. The van der Waals surface area contributed by atoms with Crippen LogP contribution < -0.4 is 10.6 Å². The van der Waals surface area contributed by atoms with E-state index < -0.39 is 11.4 Å². The Morgan fingerprint density at radius 3 is 2.52 bits per heavy atom. The lowest BCUT2D eigenvalue weighted by molar-refractivity contribution is -0.128. The molecule has 0 spiro atoms. The third kappa shape index (κ3) is 5.07. The van der Waals surface area contributed by atoms with Crippen molar-refractivity contribution in [1.29, 1.82) is 0 Å². The van der Waals surface area contributed by atoms with E-state index in [9.17, 15) is 14.4 Å². The monoisotopic (exact) mass is 346 g/mol. The summed E-state index contributed by atoms with van der Waals surface area (Å²) in [6, 6.07) is 6.33. The predicted molar refractivity (Wildman–Crippen MR) is 93.5 cm³/mol. The molecule has 25 heavy (non-hydrogen) atoms. The SMILES string of the molecule is CC(C)(C)C(=O)NCCCC(=O)Nc1ccc2oc(C(=O)O)cc2c1. The highest BCUT2D eigenvalue weighted by atomic mass is 16.4. The molecule has 1 aromatic carbocycles. The lowest BCUT2D eigenvalue weighted by atomic mass is 9.96. The molecule has 0 atom stereocenters. The van der Waals surface area contributed by atoms with Gasteiger partial charge in [0.25, 0.3) is 0 Å². The van der Waals surface area contributed by atoms with Crippen molar-refractivity contribution in [3.05, 3.63) is 30.0 Å². The molecule has 7 heteroatoms. The summed E-state index contributed by atoms with van der Waals surface area (Å²) in [5, 5.41) is 15.1. The van der Waals surface area contributed by atoms with Crippen molar-refractivity contribution in [1.82, 2.24) is 5.32 Å². The Morgan fingerprint density at radius 1 is 1.16 bits per heavy atom. The summed E-state index contributed by atoms with van der Waals surface area (Å²) < 4.78 is 5.17. The Balaban J connectivity index is 1.85. The van der Waals surface area contributed by atoms with Gasteiger partial charge in [0.2, 0.25) is 17.6 Å².